The van der Waals surface area contributed by atoms with Crippen LogP contribution in [-0.4, -0.2) is 125 Å². The van der Waals surface area contributed by atoms with Crippen LogP contribution >= 0.6 is 0 Å². The van der Waals surface area contributed by atoms with Gasteiger partial charge in [-0.1, -0.05) is 45.4 Å². The van der Waals surface area contributed by atoms with Gasteiger partial charge in [0.2, 0.25) is 29.5 Å². The quantitative estimate of drug-likeness (QED) is 0.0541. The SMILES string of the molecule is CCCNC(=O)C1=Cc2ccc(C(=O)Nc3ccc(N4CCC(NC(=O)OCc5ccc(NC(=O)[C@H](CCCNC(N)=O)NC(=O)[C@@H](NC(=O)CCCCCN6C(=O)C=CC6O)C(C)C)cc5)CC4)nc3)cc2N=C(N)C1. The van der Waals surface area contributed by atoms with E-state index in [0.29, 0.717) is 104 Å². The molecule has 0 bridgehead atoms. The van der Waals surface area contributed by atoms with Gasteiger partial charge in [0.15, 0.2) is 0 Å². The maximum absolute atomic E-state index is 13.6. The molecule has 0 aliphatic carbocycles. The first-order valence-corrected chi connectivity index (χ1v) is 26.1. The Morgan fingerprint density at radius 2 is 1.61 bits per heavy atom. The van der Waals surface area contributed by atoms with Crippen LogP contribution in [0, 0.1) is 5.92 Å². The molecular weight excluding hydrogens is 991 g/mol. The number of fused-ring (bicyclic) bond motifs is 1. The Morgan fingerprint density at radius 1 is 0.857 bits per heavy atom. The molecule has 3 aromatic rings. The number of carbonyl (C=O) groups is 8. The lowest BCUT2D eigenvalue weighted by atomic mass is 10.0. The number of alkyl carbamates (subject to hydrolysis) is 1. The number of aliphatic hydroxyl groups is 1. The van der Waals surface area contributed by atoms with E-state index in [1.54, 1.807) is 74.7 Å². The molecule has 0 saturated carbocycles. The van der Waals surface area contributed by atoms with E-state index in [2.05, 4.69) is 52.1 Å². The van der Waals surface area contributed by atoms with Gasteiger partial charge < -0.3 is 68.3 Å². The number of amides is 9. The molecule has 3 atom stereocenters. The monoisotopic (exact) mass is 1060 g/mol. The number of aliphatic imine (C=N–C) groups is 1. The van der Waals surface area contributed by atoms with Gasteiger partial charge in [-0.25, -0.2) is 19.6 Å². The number of nitrogens with two attached hydrogens (primary N) is 2. The number of benzene rings is 2. The van der Waals surface area contributed by atoms with Crippen molar-refractivity contribution in [1.29, 1.82) is 0 Å². The molecule has 23 nitrogen and oxygen atoms in total. The summed E-state index contributed by atoms with van der Waals surface area (Å²) in [5.41, 5.74) is 14.9. The molecule has 9 amide bonds. The standard InChI is InChI=1S/C54H71N13O10/c1-4-23-57-49(71)37-28-35-13-14-36(29-42(35)63-43(55)30-37)50(72)61-40-17-18-44(59-31-40)66-26-21-39(22-27-66)62-54(76)77-32-34-11-15-38(16-12-34)60-51(73)41(9-8-24-58-53(56)75)64-52(74)48(33(2)3)65-45(68)10-6-5-7-25-67-46(69)19-20-47(67)70/h11-20,28-29,31,33,39,41,46,48,69H,4-10,21-27,30,32H2,1-3H3,(H2,55,63)(H,57,71)(H,60,73)(H,61,72)(H,62,76)(H,64,74)(H,65,68)(H3,56,58,75)/t41-,46?,48-/m0/s1. The first-order chi connectivity index (χ1) is 37.0. The third-order valence-electron chi connectivity index (χ3n) is 13.0. The number of hydrogen-bond acceptors (Lipinski definition) is 14. The number of anilines is 3. The minimum absolute atomic E-state index is 0.0342. The van der Waals surface area contributed by atoms with E-state index in [1.165, 1.54) is 17.1 Å². The zero-order chi connectivity index (χ0) is 55.4. The summed E-state index contributed by atoms with van der Waals surface area (Å²) in [7, 11) is 0. The van der Waals surface area contributed by atoms with Gasteiger partial charge in [-0.15, -0.1) is 0 Å². The Labute approximate surface area is 447 Å². The van der Waals surface area contributed by atoms with E-state index in [1.807, 2.05) is 13.0 Å². The van der Waals surface area contributed by atoms with E-state index in [-0.39, 0.29) is 73.8 Å². The second-order valence-electron chi connectivity index (χ2n) is 19.4. The maximum atomic E-state index is 13.6. The summed E-state index contributed by atoms with van der Waals surface area (Å²) in [5, 5.41) is 29.4. The van der Waals surface area contributed by atoms with Crippen LogP contribution in [0.1, 0.15) is 106 Å². The molecule has 23 heteroatoms. The number of unbranched alkanes of at least 4 members (excludes halogenated alkanes) is 2. The van der Waals surface area contributed by atoms with Crippen LogP contribution in [0.25, 0.3) is 6.08 Å². The molecule has 1 saturated heterocycles. The number of amidine groups is 1. The van der Waals surface area contributed by atoms with Crippen LogP contribution in [0.15, 0.2) is 83.5 Å². The fourth-order valence-corrected chi connectivity index (χ4v) is 8.72. The van der Waals surface area contributed by atoms with Crippen LogP contribution in [-0.2, 0) is 35.3 Å². The second-order valence-corrected chi connectivity index (χ2v) is 19.4. The lowest BCUT2D eigenvalue weighted by Crippen LogP contribution is -2.54. The first-order valence-electron chi connectivity index (χ1n) is 26.1. The normalized spacial score (nSPS) is 16.0. The second kappa shape index (κ2) is 28.5. The first kappa shape index (κ1) is 57.9. The summed E-state index contributed by atoms with van der Waals surface area (Å²) in [6.45, 7) is 7.79. The fraction of sp³-hybridized carbons (Fsp3) is 0.444. The molecule has 1 unspecified atom stereocenters. The highest BCUT2D eigenvalue weighted by Gasteiger charge is 2.30. The molecule has 0 spiro atoms. The minimum atomic E-state index is -1.04. The van der Waals surface area contributed by atoms with Gasteiger partial charge in [-0.05, 0) is 105 Å². The van der Waals surface area contributed by atoms with Crippen LogP contribution in [0.3, 0.4) is 0 Å². The van der Waals surface area contributed by atoms with E-state index in [0.717, 1.165) is 12.2 Å². The smallest absolute Gasteiger partial charge is 0.407 e. The van der Waals surface area contributed by atoms with E-state index in [4.69, 9.17) is 16.2 Å². The minimum Gasteiger partial charge on any atom is -0.445 e. The molecule has 3 aliphatic heterocycles. The summed E-state index contributed by atoms with van der Waals surface area (Å²) in [6.07, 6.45) is 9.12. The molecule has 412 valence electrons. The summed E-state index contributed by atoms with van der Waals surface area (Å²) < 4.78 is 5.52. The average molecular weight is 1060 g/mol. The third kappa shape index (κ3) is 17.9. The lowest BCUT2D eigenvalue weighted by molar-refractivity contribution is -0.132. The number of nitrogens with zero attached hydrogens (tertiary/aromatic N) is 4. The van der Waals surface area contributed by atoms with Gasteiger partial charge in [-0.2, -0.15) is 0 Å². The zero-order valence-corrected chi connectivity index (χ0v) is 43.8. The van der Waals surface area contributed by atoms with Gasteiger partial charge in [0.1, 0.15) is 36.6 Å². The van der Waals surface area contributed by atoms with Gasteiger partial charge in [0, 0.05) is 80.1 Å². The number of aliphatic hydroxyl groups excluding tert-OH is 1. The molecule has 1 aromatic heterocycles. The molecule has 1 fully saturated rings. The molecule has 2 aromatic carbocycles. The Hall–Kier alpha value is -8.34. The van der Waals surface area contributed by atoms with Crippen molar-refractivity contribution in [3.63, 3.8) is 0 Å². The highest BCUT2D eigenvalue weighted by molar-refractivity contribution is 6.08. The summed E-state index contributed by atoms with van der Waals surface area (Å²) >= 11 is 0. The average Bonchev–Trinajstić information content (AvgIpc) is 3.63. The summed E-state index contributed by atoms with van der Waals surface area (Å²) in [5.74, 6) is -1.58. The number of primary amides is 1. The number of rotatable bonds is 25. The molecule has 6 rings (SSSR count). The number of nitrogens with one attached hydrogen (secondary N) is 7. The number of piperidine rings is 1. The van der Waals surface area contributed by atoms with E-state index in [9.17, 15) is 43.5 Å². The van der Waals surface area contributed by atoms with Crippen LogP contribution < -0.4 is 53.6 Å². The van der Waals surface area contributed by atoms with Crippen LogP contribution in [0.4, 0.5) is 32.5 Å². The number of urea groups is 1. The molecule has 4 heterocycles. The van der Waals surface area contributed by atoms with Crippen molar-refractivity contribution in [1.82, 2.24) is 36.5 Å². The van der Waals surface area contributed by atoms with Gasteiger partial charge >= 0.3 is 12.1 Å². The highest BCUT2D eigenvalue weighted by Crippen LogP contribution is 2.29. The number of aromatic nitrogens is 1. The number of hydrogen-bond donors (Lipinski definition) is 10. The Morgan fingerprint density at radius 3 is 2.29 bits per heavy atom. The number of ether oxygens (including phenoxy) is 1. The van der Waals surface area contributed by atoms with Crippen molar-refractivity contribution in [3.8, 4) is 0 Å². The van der Waals surface area contributed by atoms with Crippen molar-refractivity contribution in [2.75, 3.05) is 48.3 Å². The Kier molecular flexibility index (Phi) is 21.5. The molecule has 0 radical (unpaired) electrons. The Bertz CT molecular complexity index is 2690. The summed E-state index contributed by atoms with van der Waals surface area (Å²) in [6, 6.07) is 12.4. The van der Waals surface area contributed by atoms with Crippen molar-refractivity contribution in [3.05, 3.63) is 95.2 Å². The Balaban J connectivity index is 0.914. The highest BCUT2D eigenvalue weighted by atomic mass is 16.5. The van der Waals surface area contributed by atoms with Gasteiger partial charge in [0.05, 0.1) is 17.6 Å². The maximum Gasteiger partial charge on any atom is 0.407 e. The largest absolute Gasteiger partial charge is 0.445 e. The van der Waals surface area contributed by atoms with Crippen molar-refractivity contribution < 1.29 is 48.2 Å². The van der Waals surface area contributed by atoms with Crippen molar-refractivity contribution >= 4 is 82.4 Å². The number of carbonyl (C=O) groups excluding carboxylic acids is 8. The summed E-state index contributed by atoms with van der Waals surface area (Å²) in [4.78, 5) is 114. The molecule has 12 N–H and O–H groups in total. The predicted octanol–water partition coefficient (Wildman–Crippen LogP) is 3.82. The van der Waals surface area contributed by atoms with Crippen molar-refractivity contribution in [2.24, 2.45) is 22.4 Å². The fourth-order valence-electron chi connectivity index (χ4n) is 8.72. The molecule has 77 heavy (non-hydrogen) atoms. The van der Waals surface area contributed by atoms with E-state index >= 15 is 0 Å². The van der Waals surface area contributed by atoms with Crippen LogP contribution in [0.2, 0.25) is 0 Å². The zero-order valence-electron chi connectivity index (χ0n) is 43.8. The molecule has 3 aliphatic rings. The molecular formula is C54H71N13O10. The van der Waals surface area contributed by atoms with Crippen molar-refractivity contribution in [2.45, 2.75) is 116 Å². The topological polar surface area (TPSA) is 334 Å². The predicted molar refractivity (Wildman–Crippen MR) is 290 cm³/mol. The van der Waals surface area contributed by atoms with Crippen LogP contribution in [0.5, 0.6) is 0 Å². The van der Waals surface area contributed by atoms with Gasteiger partial charge in [0.25, 0.3) is 5.91 Å². The third-order valence-corrected chi connectivity index (χ3v) is 13.0. The lowest BCUT2D eigenvalue weighted by Gasteiger charge is -2.33. The van der Waals surface area contributed by atoms with Gasteiger partial charge in [-0.3, -0.25) is 28.8 Å². The number of pyridine rings is 1. The van der Waals surface area contributed by atoms with E-state index < -0.39 is 42.3 Å².